The smallest absolute Gasteiger partial charge is 0.143 e. The van der Waals surface area contributed by atoms with E-state index >= 15 is 0 Å². The number of aromatic nitrogens is 2. The lowest BCUT2D eigenvalue weighted by atomic mass is 9.85. The number of nitrogens with one attached hydrogen (secondary N) is 1. The van der Waals surface area contributed by atoms with Crippen molar-refractivity contribution < 1.29 is 9.84 Å². The Bertz CT molecular complexity index is 754. The lowest BCUT2D eigenvalue weighted by Gasteiger charge is -2.31. The lowest BCUT2D eigenvalue weighted by molar-refractivity contribution is 0.0899. The van der Waals surface area contributed by atoms with Crippen LogP contribution in [0, 0.1) is 5.92 Å². The SMILES string of the molecule is C[C@@H]1CCCC[C@@H]1Nc1c(CO)cnc2c1ccn2COCC[Si](C)(C)C. The number of nitrogens with zero attached hydrogens (tertiary/aromatic N) is 2. The number of hydrogen-bond acceptors (Lipinski definition) is 4. The van der Waals surface area contributed by atoms with E-state index in [1.165, 1.54) is 31.7 Å². The molecule has 5 nitrogen and oxygen atoms in total. The standard InChI is InChI=1S/C21H35N3O2Si/c1-16-7-5-6-8-19(16)23-20-17(14-25)13-22-21-18(20)9-10-24(21)15-26-11-12-27(2,3)4/h9-10,13,16,19,25H,5-8,11-12,14-15H2,1-4H3,(H,22,23)/t16-,19+/m1/s1. The molecule has 0 aliphatic heterocycles. The zero-order chi connectivity index (χ0) is 19.4. The van der Waals surface area contributed by atoms with Crippen LogP contribution >= 0.6 is 0 Å². The van der Waals surface area contributed by atoms with E-state index in [2.05, 4.69) is 47.5 Å². The van der Waals surface area contributed by atoms with Crippen molar-refractivity contribution >= 4 is 24.8 Å². The minimum absolute atomic E-state index is 0.00423. The lowest BCUT2D eigenvalue weighted by Crippen LogP contribution is -2.30. The van der Waals surface area contributed by atoms with Gasteiger partial charge in [0.15, 0.2) is 0 Å². The van der Waals surface area contributed by atoms with Crippen LogP contribution in [0.4, 0.5) is 5.69 Å². The van der Waals surface area contributed by atoms with Crippen LogP contribution in [0.15, 0.2) is 18.5 Å². The fourth-order valence-corrected chi connectivity index (χ4v) is 4.59. The summed E-state index contributed by atoms with van der Waals surface area (Å²) < 4.78 is 7.98. The van der Waals surface area contributed by atoms with Gasteiger partial charge in [0.1, 0.15) is 12.4 Å². The summed E-state index contributed by atoms with van der Waals surface area (Å²) in [4.78, 5) is 4.60. The van der Waals surface area contributed by atoms with Gasteiger partial charge in [0.2, 0.25) is 0 Å². The fraction of sp³-hybridized carbons (Fsp3) is 0.667. The maximum absolute atomic E-state index is 9.82. The predicted molar refractivity (Wildman–Crippen MR) is 115 cm³/mol. The Labute approximate surface area is 164 Å². The Morgan fingerprint density at radius 3 is 2.78 bits per heavy atom. The number of hydrogen-bond donors (Lipinski definition) is 2. The van der Waals surface area contributed by atoms with E-state index in [1.807, 2.05) is 6.20 Å². The summed E-state index contributed by atoms with van der Waals surface area (Å²) in [5, 5.41) is 14.6. The largest absolute Gasteiger partial charge is 0.392 e. The van der Waals surface area contributed by atoms with E-state index < -0.39 is 8.07 Å². The van der Waals surface area contributed by atoms with Crippen molar-refractivity contribution in [2.24, 2.45) is 5.92 Å². The summed E-state index contributed by atoms with van der Waals surface area (Å²) in [6.07, 6.45) is 8.90. The molecule has 150 valence electrons. The van der Waals surface area contributed by atoms with E-state index in [9.17, 15) is 5.11 Å². The van der Waals surface area contributed by atoms with Gasteiger partial charge in [-0.1, -0.05) is 39.4 Å². The molecule has 0 unspecified atom stereocenters. The molecule has 2 N–H and O–H groups in total. The molecule has 6 heteroatoms. The van der Waals surface area contributed by atoms with Gasteiger partial charge in [-0.2, -0.15) is 0 Å². The quantitative estimate of drug-likeness (QED) is 0.501. The van der Waals surface area contributed by atoms with Crippen molar-refractivity contribution in [3.63, 3.8) is 0 Å². The van der Waals surface area contributed by atoms with Gasteiger partial charge < -0.3 is 19.7 Å². The molecule has 0 spiro atoms. The van der Waals surface area contributed by atoms with E-state index in [1.54, 1.807) is 6.20 Å². The monoisotopic (exact) mass is 389 g/mol. The zero-order valence-electron chi connectivity index (χ0n) is 17.3. The maximum atomic E-state index is 9.82. The summed E-state index contributed by atoms with van der Waals surface area (Å²) in [5.41, 5.74) is 2.84. The van der Waals surface area contributed by atoms with Crippen molar-refractivity contribution in [2.45, 2.75) is 77.7 Å². The molecule has 1 aliphatic carbocycles. The number of anilines is 1. The average molecular weight is 390 g/mol. The molecule has 0 aromatic carbocycles. The van der Waals surface area contributed by atoms with Crippen LogP contribution in [-0.4, -0.2) is 35.4 Å². The zero-order valence-corrected chi connectivity index (χ0v) is 18.3. The number of pyridine rings is 1. The summed E-state index contributed by atoms with van der Waals surface area (Å²) in [6.45, 7) is 10.7. The third-order valence-corrected chi connectivity index (χ3v) is 7.41. The minimum Gasteiger partial charge on any atom is -0.392 e. The highest BCUT2D eigenvalue weighted by Gasteiger charge is 2.23. The third kappa shape index (κ3) is 5.12. The first-order chi connectivity index (χ1) is 12.9. The van der Waals surface area contributed by atoms with Gasteiger partial charge in [-0.15, -0.1) is 0 Å². The molecule has 0 radical (unpaired) electrons. The van der Waals surface area contributed by atoms with Gasteiger partial charge in [0.25, 0.3) is 0 Å². The fourth-order valence-electron chi connectivity index (χ4n) is 3.83. The van der Waals surface area contributed by atoms with E-state index in [-0.39, 0.29) is 6.61 Å². The minimum atomic E-state index is -1.07. The van der Waals surface area contributed by atoms with Gasteiger partial charge in [-0.05, 0) is 30.9 Å². The molecule has 1 fully saturated rings. The van der Waals surface area contributed by atoms with Crippen molar-refractivity contribution in [2.75, 3.05) is 11.9 Å². The first kappa shape index (κ1) is 20.4. The second-order valence-electron chi connectivity index (χ2n) is 9.20. The molecule has 2 heterocycles. The van der Waals surface area contributed by atoms with Crippen LogP contribution in [0.3, 0.4) is 0 Å². The van der Waals surface area contributed by atoms with E-state index in [0.717, 1.165) is 28.9 Å². The molecule has 1 saturated carbocycles. The van der Waals surface area contributed by atoms with Crippen molar-refractivity contribution in [3.8, 4) is 0 Å². The predicted octanol–water partition coefficient (Wildman–Crippen LogP) is 4.83. The van der Waals surface area contributed by atoms with Crippen molar-refractivity contribution in [1.82, 2.24) is 9.55 Å². The molecule has 0 amide bonds. The number of fused-ring (bicyclic) bond motifs is 1. The molecule has 0 saturated heterocycles. The Hall–Kier alpha value is -1.37. The van der Waals surface area contributed by atoms with Crippen LogP contribution in [0.2, 0.25) is 25.7 Å². The highest BCUT2D eigenvalue weighted by Crippen LogP contribution is 2.32. The van der Waals surface area contributed by atoms with Crippen LogP contribution in [0.5, 0.6) is 0 Å². The number of aliphatic hydroxyl groups is 1. The summed E-state index contributed by atoms with van der Waals surface area (Å²) in [5.74, 6) is 0.653. The van der Waals surface area contributed by atoms with Crippen molar-refractivity contribution in [3.05, 3.63) is 24.0 Å². The first-order valence-corrected chi connectivity index (χ1v) is 14.0. The molecule has 2 aromatic heterocycles. The van der Waals surface area contributed by atoms with Crippen LogP contribution in [-0.2, 0) is 18.1 Å². The Morgan fingerprint density at radius 2 is 2.07 bits per heavy atom. The normalized spacial score (nSPS) is 20.9. The number of aliphatic hydroxyl groups excluding tert-OH is 1. The molecule has 0 bridgehead atoms. The van der Waals surface area contributed by atoms with Gasteiger partial charge in [-0.3, -0.25) is 0 Å². The molecular weight excluding hydrogens is 354 g/mol. The van der Waals surface area contributed by atoms with Gasteiger partial charge in [-0.25, -0.2) is 4.98 Å². The summed E-state index contributed by atoms with van der Waals surface area (Å²) in [6, 6.07) is 3.73. The highest BCUT2D eigenvalue weighted by molar-refractivity contribution is 6.76. The summed E-state index contributed by atoms with van der Waals surface area (Å²) in [7, 11) is -1.07. The van der Waals surface area contributed by atoms with Gasteiger partial charge >= 0.3 is 0 Å². The Kier molecular flexibility index (Phi) is 6.60. The average Bonchev–Trinajstić information content (AvgIpc) is 3.03. The molecule has 3 rings (SSSR count). The van der Waals surface area contributed by atoms with Crippen molar-refractivity contribution in [1.29, 1.82) is 0 Å². The van der Waals surface area contributed by atoms with E-state index in [4.69, 9.17) is 4.74 Å². The second-order valence-corrected chi connectivity index (χ2v) is 14.8. The second kappa shape index (κ2) is 8.75. The maximum Gasteiger partial charge on any atom is 0.143 e. The topological polar surface area (TPSA) is 59.3 Å². The molecular formula is C21H35N3O2Si. The van der Waals surface area contributed by atoms with Gasteiger partial charge in [0, 0.05) is 44.1 Å². The van der Waals surface area contributed by atoms with E-state index in [0.29, 0.717) is 18.7 Å². The van der Waals surface area contributed by atoms with Crippen LogP contribution < -0.4 is 5.32 Å². The Morgan fingerprint density at radius 1 is 1.30 bits per heavy atom. The third-order valence-electron chi connectivity index (χ3n) is 5.71. The molecule has 1 aliphatic rings. The number of rotatable bonds is 8. The molecule has 27 heavy (non-hydrogen) atoms. The van der Waals surface area contributed by atoms with Gasteiger partial charge in [0.05, 0.1) is 12.3 Å². The first-order valence-electron chi connectivity index (χ1n) is 10.3. The number of ether oxygens (including phenoxy) is 1. The highest BCUT2D eigenvalue weighted by atomic mass is 28.3. The van der Waals surface area contributed by atoms with Crippen LogP contribution in [0.1, 0.15) is 38.2 Å². The molecule has 2 aromatic rings. The summed E-state index contributed by atoms with van der Waals surface area (Å²) >= 11 is 0. The molecule has 2 atom stereocenters. The Balaban J connectivity index is 1.77. The van der Waals surface area contributed by atoms with Crippen LogP contribution in [0.25, 0.3) is 11.0 Å².